The number of rotatable bonds is 1. The van der Waals surface area contributed by atoms with Crippen molar-refractivity contribution in [2.24, 2.45) is 5.84 Å². The summed E-state index contributed by atoms with van der Waals surface area (Å²) in [5, 5.41) is 1.55. The van der Waals surface area contributed by atoms with Gasteiger partial charge in [0.25, 0.3) is 0 Å². The average molecular weight is 205 g/mol. The molecule has 4 nitrogen and oxygen atoms in total. The van der Waals surface area contributed by atoms with Crippen LogP contribution in [-0.4, -0.2) is 30.6 Å². The van der Waals surface area contributed by atoms with Crippen molar-refractivity contribution in [3.63, 3.8) is 0 Å². The quantitative estimate of drug-likeness (QED) is 0.680. The Morgan fingerprint density at radius 3 is 2.80 bits per heavy atom. The molecule has 1 amide bonds. The van der Waals surface area contributed by atoms with Gasteiger partial charge in [-0.05, 0) is 24.6 Å². The van der Waals surface area contributed by atoms with Gasteiger partial charge in [-0.1, -0.05) is 12.1 Å². The monoisotopic (exact) mass is 205 g/mol. The van der Waals surface area contributed by atoms with Crippen LogP contribution in [0.2, 0.25) is 0 Å². The van der Waals surface area contributed by atoms with Crippen LogP contribution in [0.1, 0.15) is 5.56 Å². The molecule has 0 aliphatic carbocycles. The first kappa shape index (κ1) is 10.1. The molecule has 2 rings (SSSR count). The number of hydrazine groups is 1. The van der Waals surface area contributed by atoms with Crippen LogP contribution < -0.4 is 10.7 Å². The number of anilines is 1. The molecule has 1 aromatic carbocycles. The Bertz CT molecular complexity index is 378. The van der Waals surface area contributed by atoms with Gasteiger partial charge < -0.3 is 4.90 Å². The van der Waals surface area contributed by atoms with Crippen molar-refractivity contribution in [2.45, 2.75) is 6.92 Å². The molecule has 4 heteroatoms. The van der Waals surface area contributed by atoms with Crippen molar-refractivity contribution in [3.05, 3.63) is 29.8 Å². The number of carbonyl (C=O) groups excluding carboxylic acids is 1. The van der Waals surface area contributed by atoms with Gasteiger partial charge >= 0.3 is 0 Å². The first-order chi connectivity index (χ1) is 7.16. The molecule has 0 bridgehead atoms. The van der Waals surface area contributed by atoms with Gasteiger partial charge in [0, 0.05) is 18.8 Å². The van der Waals surface area contributed by atoms with Crippen LogP contribution in [0.5, 0.6) is 0 Å². The van der Waals surface area contributed by atoms with Gasteiger partial charge in [-0.15, -0.1) is 0 Å². The molecule has 15 heavy (non-hydrogen) atoms. The molecule has 0 aromatic heterocycles. The Kier molecular flexibility index (Phi) is 2.70. The predicted octanol–water partition coefficient (Wildman–Crippen LogP) is 0.517. The summed E-state index contributed by atoms with van der Waals surface area (Å²) in [5.74, 6) is 5.65. The third kappa shape index (κ3) is 2.16. The minimum Gasteiger partial charge on any atom is -0.310 e. The van der Waals surface area contributed by atoms with E-state index >= 15 is 0 Å². The lowest BCUT2D eigenvalue weighted by Crippen LogP contribution is -2.53. The molecular weight excluding hydrogens is 190 g/mol. The van der Waals surface area contributed by atoms with E-state index < -0.39 is 0 Å². The van der Waals surface area contributed by atoms with Crippen LogP contribution in [0, 0.1) is 6.92 Å². The maximum Gasteiger partial charge on any atom is 0.242 e. The number of aryl methyl sites for hydroxylation is 1. The second-order valence-electron chi connectivity index (χ2n) is 3.85. The van der Waals surface area contributed by atoms with Gasteiger partial charge in [0.2, 0.25) is 5.91 Å². The van der Waals surface area contributed by atoms with E-state index in [0.29, 0.717) is 13.1 Å². The number of amides is 1. The van der Waals surface area contributed by atoms with Gasteiger partial charge in [-0.25, -0.2) is 5.01 Å². The van der Waals surface area contributed by atoms with Gasteiger partial charge in [0.05, 0.1) is 6.54 Å². The molecule has 0 atom stereocenters. The summed E-state index contributed by atoms with van der Waals surface area (Å²) in [6.45, 7) is 3.71. The Balaban J connectivity index is 2.20. The molecule has 1 fully saturated rings. The topological polar surface area (TPSA) is 49.6 Å². The van der Waals surface area contributed by atoms with Crippen molar-refractivity contribution < 1.29 is 4.79 Å². The standard InChI is InChI=1S/C11H15N3O/c1-9-3-2-4-10(7-9)14-6-5-13(12)8-11(14)15/h2-4,7H,5-6,8,12H2,1H3. The number of hydrogen-bond acceptors (Lipinski definition) is 3. The maximum absolute atomic E-state index is 11.7. The number of carbonyl (C=O) groups is 1. The van der Waals surface area contributed by atoms with E-state index in [9.17, 15) is 4.79 Å². The number of benzene rings is 1. The van der Waals surface area contributed by atoms with Crippen molar-refractivity contribution in [3.8, 4) is 0 Å². The van der Waals surface area contributed by atoms with Crippen LogP contribution in [-0.2, 0) is 4.79 Å². The van der Waals surface area contributed by atoms with Crippen LogP contribution >= 0.6 is 0 Å². The highest BCUT2D eigenvalue weighted by atomic mass is 16.2. The molecule has 80 valence electrons. The minimum atomic E-state index is 0.0642. The zero-order valence-corrected chi connectivity index (χ0v) is 8.81. The molecule has 0 radical (unpaired) electrons. The lowest BCUT2D eigenvalue weighted by molar-refractivity contribution is -0.121. The summed E-state index contributed by atoms with van der Waals surface area (Å²) in [6.07, 6.45) is 0. The smallest absolute Gasteiger partial charge is 0.242 e. The summed E-state index contributed by atoms with van der Waals surface area (Å²) in [5.41, 5.74) is 2.13. The van der Waals surface area contributed by atoms with Crippen molar-refractivity contribution in [2.75, 3.05) is 24.5 Å². The summed E-state index contributed by atoms with van der Waals surface area (Å²) < 4.78 is 0. The van der Waals surface area contributed by atoms with Crippen LogP contribution in [0.3, 0.4) is 0 Å². The van der Waals surface area contributed by atoms with Crippen LogP contribution in [0.4, 0.5) is 5.69 Å². The molecule has 1 saturated heterocycles. The van der Waals surface area contributed by atoms with E-state index in [0.717, 1.165) is 17.8 Å². The van der Waals surface area contributed by atoms with Gasteiger partial charge in [-0.2, -0.15) is 0 Å². The van der Waals surface area contributed by atoms with E-state index in [2.05, 4.69) is 0 Å². The van der Waals surface area contributed by atoms with E-state index in [1.165, 1.54) is 0 Å². The minimum absolute atomic E-state index is 0.0642. The highest BCUT2D eigenvalue weighted by molar-refractivity contribution is 5.95. The van der Waals surface area contributed by atoms with Gasteiger partial charge in [0.15, 0.2) is 0 Å². The average Bonchev–Trinajstić information content (AvgIpc) is 2.17. The number of hydrogen-bond donors (Lipinski definition) is 1. The molecule has 2 N–H and O–H groups in total. The Labute approximate surface area is 89.2 Å². The fraction of sp³-hybridized carbons (Fsp3) is 0.364. The molecule has 1 aliphatic heterocycles. The molecule has 0 spiro atoms. The molecular formula is C11H15N3O. The first-order valence-electron chi connectivity index (χ1n) is 5.03. The second-order valence-corrected chi connectivity index (χ2v) is 3.85. The lowest BCUT2D eigenvalue weighted by atomic mass is 10.2. The molecule has 0 unspecified atom stereocenters. The second kappa shape index (κ2) is 4.00. The van der Waals surface area contributed by atoms with Gasteiger partial charge in [0.1, 0.15) is 0 Å². The third-order valence-electron chi connectivity index (χ3n) is 2.56. The fourth-order valence-electron chi connectivity index (χ4n) is 1.76. The number of nitrogens with two attached hydrogens (primary N) is 1. The summed E-state index contributed by atoms with van der Waals surface area (Å²) >= 11 is 0. The van der Waals surface area contributed by atoms with Gasteiger partial charge in [-0.3, -0.25) is 10.6 Å². The van der Waals surface area contributed by atoms with Crippen molar-refractivity contribution in [1.82, 2.24) is 5.01 Å². The zero-order chi connectivity index (χ0) is 10.8. The number of nitrogens with zero attached hydrogens (tertiary/aromatic N) is 2. The van der Waals surface area contributed by atoms with E-state index in [-0.39, 0.29) is 5.91 Å². The van der Waals surface area contributed by atoms with Crippen molar-refractivity contribution >= 4 is 11.6 Å². The highest BCUT2D eigenvalue weighted by Gasteiger charge is 2.22. The predicted molar refractivity (Wildman–Crippen MR) is 59.3 cm³/mol. The Morgan fingerprint density at radius 1 is 1.33 bits per heavy atom. The van der Waals surface area contributed by atoms with E-state index in [1.54, 1.807) is 9.91 Å². The molecule has 1 aromatic rings. The van der Waals surface area contributed by atoms with E-state index in [1.807, 2.05) is 31.2 Å². The summed E-state index contributed by atoms with van der Waals surface area (Å²) in [7, 11) is 0. The maximum atomic E-state index is 11.7. The Hall–Kier alpha value is -1.39. The van der Waals surface area contributed by atoms with Crippen LogP contribution in [0.15, 0.2) is 24.3 Å². The summed E-state index contributed by atoms with van der Waals surface area (Å²) in [4.78, 5) is 13.5. The molecule has 0 saturated carbocycles. The number of piperazine rings is 1. The summed E-state index contributed by atoms with van der Waals surface area (Å²) in [6, 6.07) is 7.96. The first-order valence-corrected chi connectivity index (χ1v) is 5.03. The molecule has 1 heterocycles. The normalized spacial score (nSPS) is 18.3. The SMILES string of the molecule is Cc1cccc(N2CCN(N)CC2=O)c1. The third-order valence-corrected chi connectivity index (χ3v) is 2.56. The van der Waals surface area contributed by atoms with E-state index in [4.69, 9.17) is 5.84 Å². The largest absolute Gasteiger partial charge is 0.310 e. The Morgan fingerprint density at radius 2 is 2.13 bits per heavy atom. The zero-order valence-electron chi connectivity index (χ0n) is 8.81. The van der Waals surface area contributed by atoms with Crippen molar-refractivity contribution in [1.29, 1.82) is 0 Å². The van der Waals surface area contributed by atoms with Crippen LogP contribution in [0.25, 0.3) is 0 Å². The lowest BCUT2D eigenvalue weighted by Gasteiger charge is -2.31. The molecule has 1 aliphatic rings. The highest BCUT2D eigenvalue weighted by Crippen LogP contribution is 2.17. The fourth-order valence-corrected chi connectivity index (χ4v) is 1.76.